The van der Waals surface area contributed by atoms with Gasteiger partial charge in [0, 0.05) is 22.8 Å². The van der Waals surface area contributed by atoms with E-state index in [9.17, 15) is 0 Å². The first kappa shape index (κ1) is 14.2. The molecule has 0 spiro atoms. The summed E-state index contributed by atoms with van der Waals surface area (Å²) in [5, 5.41) is 0. The van der Waals surface area contributed by atoms with E-state index in [0.717, 1.165) is 38.4 Å². The minimum absolute atomic E-state index is 0.250. The summed E-state index contributed by atoms with van der Waals surface area (Å²) < 4.78 is 6.73. The number of aryl methyl sites for hydroxylation is 1. The third-order valence-electron chi connectivity index (χ3n) is 3.71. The average Bonchev–Trinajstić information content (AvgIpc) is 2.41. The third-order valence-corrected chi connectivity index (χ3v) is 5.18. The van der Waals surface area contributed by atoms with Crippen molar-refractivity contribution >= 4 is 22.6 Å². The number of nitrogens with two attached hydrogens (primary N) is 1. The SMILES string of the molecule is Cc1cccc(C(CC2CCOCC2)NN)c1I. The molecular formula is C14H21IN2O. The number of rotatable bonds is 4. The lowest BCUT2D eigenvalue weighted by atomic mass is 9.89. The van der Waals surface area contributed by atoms with Gasteiger partial charge in [0.25, 0.3) is 0 Å². The minimum Gasteiger partial charge on any atom is -0.381 e. The Hall–Kier alpha value is -0.170. The first-order chi connectivity index (χ1) is 8.72. The summed E-state index contributed by atoms with van der Waals surface area (Å²) in [5.41, 5.74) is 5.63. The zero-order valence-corrected chi connectivity index (χ0v) is 12.9. The second-order valence-corrected chi connectivity index (χ2v) is 6.07. The van der Waals surface area contributed by atoms with Crippen molar-refractivity contribution in [3.63, 3.8) is 0 Å². The second kappa shape index (κ2) is 6.84. The summed E-state index contributed by atoms with van der Waals surface area (Å²) >= 11 is 2.42. The first-order valence-corrected chi connectivity index (χ1v) is 7.59. The predicted octanol–water partition coefficient (Wildman–Crippen LogP) is 2.92. The highest BCUT2D eigenvalue weighted by molar-refractivity contribution is 14.1. The zero-order chi connectivity index (χ0) is 13.0. The van der Waals surface area contributed by atoms with Crippen LogP contribution in [0.1, 0.15) is 36.4 Å². The molecule has 0 radical (unpaired) electrons. The van der Waals surface area contributed by atoms with Crippen molar-refractivity contribution in [2.45, 2.75) is 32.2 Å². The minimum atomic E-state index is 0.250. The van der Waals surface area contributed by atoms with E-state index in [-0.39, 0.29) is 6.04 Å². The van der Waals surface area contributed by atoms with Crippen molar-refractivity contribution in [3.8, 4) is 0 Å². The molecule has 1 unspecified atom stereocenters. The van der Waals surface area contributed by atoms with E-state index >= 15 is 0 Å². The van der Waals surface area contributed by atoms with E-state index < -0.39 is 0 Å². The van der Waals surface area contributed by atoms with Crippen LogP contribution in [0.5, 0.6) is 0 Å². The maximum absolute atomic E-state index is 5.76. The van der Waals surface area contributed by atoms with Crippen LogP contribution < -0.4 is 11.3 Å². The first-order valence-electron chi connectivity index (χ1n) is 6.51. The zero-order valence-electron chi connectivity index (χ0n) is 10.8. The largest absolute Gasteiger partial charge is 0.381 e. The molecule has 1 aliphatic rings. The summed E-state index contributed by atoms with van der Waals surface area (Å²) in [4.78, 5) is 0. The van der Waals surface area contributed by atoms with Crippen molar-refractivity contribution < 1.29 is 4.74 Å². The molecule has 0 aromatic heterocycles. The van der Waals surface area contributed by atoms with E-state index in [2.05, 4.69) is 53.1 Å². The lowest BCUT2D eigenvalue weighted by molar-refractivity contribution is 0.0605. The van der Waals surface area contributed by atoms with Gasteiger partial charge in [-0.15, -0.1) is 0 Å². The molecule has 1 saturated heterocycles. The van der Waals surface area contributed by atoms with E-state index in [1.807, 2.05) is 0 Å². The second-order valence-electron chi connectivity index (χ2n) is 4.99. The molecule has 3 N–H and O–H groups in total. The van der Waals surface area contributed by atoms with Crippen LogP contribution in [0.4, 0.5) is 0 Å². The van der Waals surface area contributed by atoms with Crippen molar-refractivity contribution in [1.29, 1.82) is 0 Å². The standard InChI is InChI=1S/C14H21IN2O/c1-10-3-2-4-12(14(10)15)13(17-16)9-11-5-7-18-8-6-11/h2-4,11,13,17H,5-9,16H2,1H3. The number of hydrazine groups is 1. The molecule has 1 atom stereocenters. The Kier molecular flexibility index (Phi) is 5.41. The fourth-order valence-corrected chi connectivity index (χ4v) is 3.27. The highest BCUT2D eigenvalue weighted by Gasteiger charge is 2.21. The number of hydrogen-bond acceptors (Lipinski definition) is 3. The third kappa shape index (κ3) is 3.44. The molecule has 2 rings (SSSR count). The number of halogens is 1. The highest BCUT2D eigenvalue weighted by atomic mass is 127. The van der Waals surface area contributed by atoms with Crippen LogP contribution in [0.15, 0.2) is 18.2 Å². The molecule has 1 heterocycles. The van der Waals surface area contributed by atoms with Crippen LogP contribution in [-0.2, 0) is 4.74 Å². The van der Waals surface area contributed by atoms with Crippen molar-refractivity contribution in [2.75, 3.05) is 13.2 Å². The Morgan fingerprint density at radius 1 is 1.44 bits per heavy atom. The Morgan fingerprint density at radius 3 is 2.83 bits per heavy atom. The van der Waals surface area contributed by atoms with Crippen molar-refractivity contribution in [2.24, 2.45) is 11.8 Å². The number of hydrogen-bond donors (Lipinski definition) is 2. The van der Waals surface area contributed by atoms with E-state index in [0.29, 0.717) is 0 Å². The number of benzene rings is 1. The van der Waals surface area contributed by atoms with Gasteiger partial charge in [-0.25, -0.2) is 0 Å². The molecule has 1 aliphatic heterocycles. The lowest BCUT2D eigenvalue weighted by Gasteiger charge is -2.27. The Bertz CT molecular complexity index is 391. The van der Waals surface area contributed by atoms with Gasteiger partial charge in [-0.05, 0) is 65.8 Å². The average molecular weight is 360 g/mol. The van der Waals surface area contributed by atoms with Gasteiger partial charge in [-0.1, -0.05) is 18.2 Å². The Balaban J connectivity index is 2.09. The normalized spacial score (nSPS) is 18.8. The molecular weight excluding hydrogens is 339 g/mol. The molecule has 4 heteroatoms. The molecule has 1 aromatic carbocycles. The molecule has 0 amide bonds. The topological polar surface area (TPSA) is 47.3 Å². The van der Waals surface area contributed by atoms with Crippen LogP contribution in [0.25, 0.3) is 0 Å². The lowest BCUT2D eigenvalue weighted by Crippen LogP contribution is -2.31. The molecule has 0 saturated carbocycles. The quantitative estimate of drug-likeness (QED) is 0.493. The summed E-state index contributed by atoms with van der Waals surface area (Å²) in [6.45, 7) is 3.94. The fraction of sp³-hybridized carbons (Fsp3) is 0.571. The predicted molar refractivity (Wildman–Crippen MR) is 82.1 cm³/mol. The molecule has 0 aliphatic carbocycles. The summed E-state index contributed by atoms with van der Waals surface area (Å²) in [7, 11) is 0. The summed E-state index contributed by atoms with van der Waals surface area (Å²) in [5.74, 6) is 6.47. The van der Waals surface area contributed by atoms with Crippen LogP contribution in [0, 0.1) is 16.4 Å². The van der Waals surface area contributed by atoms with Crippen LogP contribution in [0.2, 0.25) is 0 Å². The fourth-order valence-electron chi connectivity index (χ4n) is 2.54. The van der Waals surface area contributed by atoms with Crippen LogP contribution in [0.3, 0.4) is 0 Å². The van der Waals surface area contributed by atoms with Gasteiger partial charge in [0.2, 0.25) is 0 Å². The van der Waals surface area contributed by atoms with Crippen LogP contribution in [-0.4, -0.2) is 13.2 Å². The van der Waals surface area contributed by atoms with Gasteiger partial charge in [-0.2, -0.15) is 0 Å². The highest BCUT2D eigenvalue weighted by Crippen LogP contribution is 2.30. The monoisotopic (exact) mass is 360 g/mol. The van der Waals surface area contributed by atoms with E-state index in [1.165, 1.54) is 14.7 Å². The summed E-state index contributed by atoms with van der Waals surface area (Å²) in [6.07, 6.45) is 3.40. The molecule has 100 valence electrons. The number of ether oxygens (including phenoxy) is 1. The van der Waals surface area contributed by atoms with E-state index in [4.69, 9.17) is 10.6 Å². The van der Waals surface area contributed by atoms with Crippen LogP contribution >= 0.6 is 22.6 Å². The van der Waals surface area contributed by atoms with Gasteiger partial charge in [0.05, 0.1) is 0 Å². The van der Waals surface area contributed by atoms with Gasteiger partial charge < -0.3 is 4.74 Å². The molecule has 3 nitrogen and oxygen atoms in total. The van der Waals surface area contributed by atoms with Gasteiger partial charge in [-0.3, -0.25) is 11.3 Å². The molecule has 18 heavy (non-hydrogen) atoms. The van der Waals surface area contributed by atoms with Gasteiger partial charge >= 0.3 is 0 Å². The maximum atomic E-state index is 5.76. The maximum Gasteiger partial charge on any atom is 0.0473 e. The molecule has 1 aromatic rings. The smallest absolute Gasteiger partial charge is 0.0473 e. The Labute approximate surface area is 123 Å². The Morgan fingerprint density at radius 2 is 2.17 bits per heavy atom. The summed E-state index contributed by atoms with van der Waals surface area (Å²) in [6, 6.07) is 6.69. The van der Waals surface area contributed by atoms with E-state index in [1.54, 1.807) is 0 Å². The molecule has 1 fully saturated rings. The number of nitrogens with one attached hydrogen (secondary N) is 1. The van der Waals surface area contributed by atoms with Gasteiger partial charge in [0.15, 0.2) is 0 Å². The molecule has 0 bridgehead atoms. The van der Waals surface area contributed by atoms with Gasteiger partial charge in [0.1, 0.15) is 0 Å². The van der Waals surface area contributed by atoms with Crippen molar-refractivity contribution in [3.05, 3.63) is 32.9 Å². The van der Waals surface area contributed by atoms with Crippen molar-refractivity contribution in [1.82, 2.24) is 5.43 Å².